The minimum Gasteiger partial charge on any atom is -0.0616 e. The quantitative estimate of drug-likeness (QED) is 0.228. The van der Waals surface area contributed by atoms with Crippen LogP contribution in [-0.2, 0) is 0 Å². The third-order valence-corrected chi connectivity index (χ3v) is 53.4. The Morgan fingerprint density at radius 3 is 1.42 bits per heavy atom. The van der Waals surface area contributed by atoms with Crippen molar-refractivity contribution < 1.29 is 0 Å². The molecule has 0 amide bonds. The van der Waals surface area contributed by atoms with Gasteiger partial charge in [-0.1, -0.05) is 104 Å². The lowest BCUT2D eigenvalue weighted by Gasteiger charge is -3.65. The van der Waals surface area contributed by atoms with Crippen LogP contribution >= 0.6 is 0 Å². The van der Waals surface area contributed by atoms with Gasteiger partial charge in [0.2, 0.25) is 0 Å². The molecule has 6 unspecified atom stereocenters. The van der Waals surface area contributed by atoms with Crippen molar-refractivity contribution in [2.24, 2.45) is 273 Å². The predicted molar refractivity (Wildman–Crippen MR) is 225 cm³/mol. The number of hydrogen-bond donors (Lipinski definition) is 0. The highest BCUT2D eigenvalue weighted by Crippen LogP contribution is 3.69. The van der Waals surface area contributed by atoms with E-state index in [1.165, 1.54) is 71.0 Å². The van der Waals surface area contributed by atoms with Gasteiger partial charge in [-0.3, -0.25) is 0 Å². The van der Waals surface area contributed by atoms with Crippen LogP contribution in [0.3, 0.4) is 0 Å². The van der Waals surface area contributed by atoms with Crippen LogP contribution in [0.25, 0.3) is 0 Å². The third kappa shape index (κ3) is 0.620. The summed E-state index contributed by atoms with van der Waals surface area (Å²) in [7, 11) is 0. The molecular formula is C65H62. The molecule has 0 heteroatoms. The Balaban J connectivity index is 0.800. The largest absolute Gasteiger partial charge is 0.0616 e. The van der Waals surface area contributed by atoms with Crippen molar-refractivity contribution in [1.82, 2.24) is 0 Å². The molecule has 35 rings (SSSR count). The predicted octanol–water partition coefficient (Wildman–Crippen LogP) is 9.93. The monoisotopic (exact) mass is 842 g/mol. The van der Waals surface area contributed by atoms with Crippen LogP contribution in [0.4, 0.5) is 0 Å². The fourth-order valence-electron chi connectivity index (χ4n) is 63.6. The molecule has 0 N–H and O–H groups in total. The van der Waals surface area contributed by atoms with Crippen molar-refractivity contribution in [1.29, 1.82) is 0 Å². The zero-order valence-corrected chi connectivity index (χ0v) is 41.4. The summed E-state index contributed by atoms with van der Waals surface area (Å²) in [5.74, 6) is 18.3. The lowest BCUT2D eigenvalue weighted by molar-refractivity contribution is -1.21. The highest BCUT2D eigenvalue weighted by molar-refractivity contribution is 6.12. The van der Waals surface area contributed by atoms with E-state index in [2.05, 4.69) is 104 Å². The van der Waals surface area contributed by atoms with Crippen LogP contribution in [0.5, 0.6) is 0 Å². The Labute approximate surface area is 381 Å². The van der Waals surface area contributed by atoms with Crippen LogP contribution in [0.15, 0.2) is 0 Å². The molecule has 65 heavy (non-hydrogen) atoms. The Kier molecular flexibility index (Phi) is 1.70. The molecule has 0 radical (unpaired) electrons. The van der Waals surface area contributed by atoms with E-state index in [9.17, 15) is 0 Å². The van der Waals surface area contributed by atoms with Crippen LogP contribution in [0.1, 0.15) is 110 Å². The van der Waals surface area contributed by atoms with Gasteiger partial charge in [0.05, 0.1) is 0 Å². The summed E-state index contributed by atoms with van der Waals surface area (Å²) in [6.07, 6.45) is 1.79. The summed E-state index contributed by atoms with van der Waals surface area (Å²) in [5.41, 5.74) is 26.5. The molecule has 0 bridgehead atoms. The van der Waals surface area contributed by atoms with Gasteiger partial charge in [-0.15, -0.1) is 0 Å². The summed E-state index contributed by atoms with van der Waals surface area (Å²) < 4.78 is 0. The maximum Gasteiger partial charge on any atom is -0.000407 e. The number of hydrogen-bond acceptors (Lipinski definition) is 0. The van der Waals surface area contributed by atoms with E-state index < -0.39 is 0 Å². The van der Waals surface area contributed by atoms with E-state index in [1.54, 1.807) is 6.42 Å². The van der Waals surface area contributed by atoms with Gasteiger partial charge in [-0.25, -0.2) is 0 Å². The lowest BCUT2D eigenvalue weighted by Crippen LogP contribution is -3.64. The normalized spacial score (nSPS) is 125. The van der Waals surface area contributed by atoms with E-state index in [4.69, 9.17) is 0 Å². The molecule has 0 aliphatic heterocycles. The van der Waals surface area contributed by atoms with E-state index in [0.717, 1.165) is 131 Å². The smallest absolute Gasteiger partial charge is 0.000407 e. The topological polar surface area (TPSA) is 0 Å². The minimum absolute atomic E-state index is 0.438. The Hall–Kier alpha value is 0. The van der Waals surface area contributed by atoms with Gasteiger partial charge in [-0.05, 0) is 279 Å². The average molecular weight is 843 g/mol. The van der Waals surface area contributed by atoms with Gasteiger partial charge in [0, 0.05) is 0 Å². The van der Waals surface area contributed by atoms with Gasteiger partial charge >= 0.3 is 0 Å². The van der Waals surface area contributed by atoms with Gasteiger partial charge in [0.1, 0.15) is 0 Å². The fourth-order valence-corrected chi connectivity index (χ4v) is 63.6. The SMILES string of the molecule is C[C@H]1[C@H]2[C@H]3[C@H]4CC5[C@@H]6[C@@H]7[C@@H]8[C@@H]9[C@@H]%10[C@@H]%11[C@@H]%12[C@H](C)[C@@]%13(C)[C@@]%14(C)[C@@]%15(C)C(C)(C)[C@]%16(C)[C@@]%17(C)C%18[C@@]%16%15[C@]%14%15[C@]%18%14[C@]%11([C@]%10%11[C@]9%10[C@]89[C@]78[C@]67C54C34C23C1(C)[C@@]1(C)[C@@]2(C)[C@@]5(C)[C@@]6(C)[C@]%17(C)[C@@H]%16[C@]%14%11[C@@]%10%11[C@@]%166[C@@]56[C@@]25[C@@]31[C@@]47[C@@]85[C@]9%116)[C@]%12%13%15. The van der Waals surface area contributed by atoms with Crippen LogP contribution in [0.2, 0.25) is 0 Å². The summed E-state index contributed by atoms with van der Waals surface area (Å²) in [6.45, 7) is 47.4. The van der Waals surface area contributed by atoms with E-state index in [-0.39, 0.29) is 0 Å². The second-order valence-electron chi connectivity index (χ2n) is 40.3. The second-order valence-corrected chi connectivity index (χ2v) is 40.3. The Morgan fingerprint density at radius 1 is 0.262 bits per heavy atom. The standard InChI is InChI=1S/C65H62/c1-17-21-23-19-16-20-24-26-28-29-27-25-22-18(2)33(5)40(12)38(10)32(3,4)37(9)35(7)30-54(37,38)58(40)46(22,33)49(25)50(27)52(29)53(28)51(26)48(24)44(19,20)47(23)45(21)34(17,6)41(13)43(15)42(14)39(11)36(35,8)31-55(39)60(42)61(43)59(41,45)63(47,48)65(51,61)64(53,60)62(52,55)57(31,50)56(30,49)58/h17-31H,16H2,1-15H3/t17-,18-,19+,20?,21-,22-,23+,24+,25-,26+,27-,28+,29-,30?,31-,33-,34?,35-,36+,37+,38+,39+,40-,41-,42+,43-,44?,45?,46-,47?,48+,49-,50-,51+,52-,53+,54+,55-,56-,57+,58-,59-,60+,61-,62-,63+,64-,65+/m0/s1. The first-order chi connectivity index (χ1) is 30.6. The minimum atomic E-state index is 0.438. The van der Waals surface area contributed by atoms with Crippen LogP contribution in [0, 0.1) is 273 Å². The molecule has 35 fully saturated rings. The van der Waals surface area contributed by atoms with Crippen molar-refractivity contribution in [2.45, 2.75) is 110 Å². The average Bonchev–Trinajstić information content (AvgIpc) is 3.20. The molecule has 0 nitrogen and oxygen atoms in total. The van der Waals surface area contributed by atoms with Gasteiger partial charge in [-0.2, -0.15) is 0 Å². The maximum absolute atomic E-state index is 3.34. The lowest BCUT2D eigenvalue weighted by atomic mass is 8.37. The van der Waals surface area contributed by atoms with Gasteiger partial charge in [0.15, 0.2) is 0 Å². The second kappa shape index (κ2) is 4.06. The summed E-state index contributed by atoms with van der Waals surface area (Å²) in [5, 5.41) is 0. The molecule has 0 heterocycles. The highest BCUT2D eigenvalue weighted by atomic mass is 15.7. The van der Waals surface area contributed by atoms with E-state index in [0.29, 0.717) is 70.4 Å². The van der Waals surface area contributed by atoms with Crippen molar-refractivity contribution >= 4 is 0 Å². The maximum atomic E-state index is 3.34. The highest BCUT2D eigenvalue weighted by Gasteiger charge is 3.68. The summed E-state index contributed by atoms with van der Waals surface area (Å²) in [4.78, 5) is 0. The zero-order valence-electron chi connectivity index (χ0n) is 41.4. The van der Waals surface area contributed by atoms with Crippen molar-refractivity contribution in [3.8, 4) is 0 Å². The van der Waals surface area contributed by atoms with E-state index in [1.807, 2.05) is 0 Å². The Bertz CT molecular complexity index is 3980. The first-order valence-electron chi connectivity index (χ1n) is 30.6. The first kappa shape index (κ1) is 27.2. The molecule has 35 aliphatic rings. The fraction of sp³-hybridized carbons (Fsp3) is 1.00. The molecule has 22 spiro atoms. The molecule has 0 aromatic carbocycles. The number of rotatable bonds is 0. The van der Waals surface area contributed by atoms with Crippen LogP contribution < -0.4 is 0 Å². The van der Waals surface area contributed by atoms with Gasteiger partial charge < -0.3 is 0 Å². The zero-order chi connectivity index (χ0) is 41.4. The molecule has 35 saturated carbocycles. The van der Waals surface area contributed by atoms with Crippen molar-refractivity contribution in [3.05, 3.63) is 0 Å². The van der Waals surface area contributed by atoms with Gasteiger partial charge in [0.25, 0.3) is 0 Å². The van der Waals surface area contributed by atoms with Crippen LogP contribution in [-0.4, -0.2) is 0 Å². The number of fused-ring (bicyclic) bond motifs is 18. The molecule has 322 valence electrons. The molecule has 48 atom stereocenters. The molecule has 0 aromatic heterocycles. The Morgan fingerprint density at radius 2 is 0.708 bits per heavy atom. The molecular weight excluding hydrogens is 781 g/mol. The third-order valence-electron chi connectivity index (χ3n) is 53.4. The first-order valence-corrected chi connectivity index (χ1v) is 30.6. The summed E-state index contributed by atoms with van der Waals surface area (Å²) >= 11 is 0. The van der Waals surface area contributed by atoms with Crippen molar-refractivity contribution in [2.75, 3.05) is 0 Å². The summed E-state index contributed by atoms with van der Waals surface area (Å²) in [6, 6.07) is 0. The molecule has 0 aromatic rings. The van der Waals surface area contributed by atoms with Crippen molar-refractivity contribution in [3.63, 3.8) is 0 Å². The molecule has 0 saturated heterocycles. The van der Waals surface area contributed by atoms with E-state index >= 15 is 0 Å². The molecule has 35 aliphatic carbocycles.